The smallest absolute Gasteiger partial charge is 0.338 e. The van der Waals surface area contributed by atoms with Crippen LogP contribution in [0.15, 0.2) is 18.2 Å². The number of anilines is 1. The van der Waals surface area contributed by atoms with Crippen LogP contribution in [0.2, 0.25) is 5.02 Å². The van der Waals surface area contributed by atoms with E-state index in [1.165, 1.54) is 6.07 Å². The molecule has 0 aliphatic carbocycles. The number of nitrogens with two attached hydrogens (primary N) is 1. The number of hydrogen-bond acceptors (Lipinski definition) is 4. The quantitative estimate of drug-likeness (QED) is 0.454. The van der Waals surface area contributed by atoms with Crippen molar-refractivity contribution in [3.8, 4) is 0 Å². The standard InChI is InChI=1S/C13H18ClNO3/c14-11-7-10(8-12(15)9-11)13(17)18-6-4-2-1-3-5-16/h7-9,16H,1-6,15H2. The van der Waals surface area contributed by atoms with Gasteiger partial charge in [0.15, 0.2) is 0 Å². The van der Waals surface area contributed by atoms with Crippen LogP contribution in [-0.2, 0) is 4.74 Å². The lowest BCUT2D eigenvalue weighted by Gasteiger charge is -2.06. The molecule has 0 amide bonds. The summed E-state index contributed by atoms with van der Waals surface area (Å²) in [5, 5.41) is 9.02. The van der Waals surface area contributed by atoms with Crippen LogP contribution in [0.4, 0.5) is 5.69 Å². The molecule has 0 atom stereocenters. The van der Waals surface area contributed by atoms with Gasteiger partial charge in [-0.05, 0) is 37.5 Å². The molecule has 5 heteroatoms. The Morgan fingerprint density at radius 2 is 1.94 bits per heavy atom. The van der Waals surface area contributed by atoms with Gasteiger partial charge in [0.1, 0.15) is 0 Å². The number of esters is 1. The molecule has 3 N–H and O–H groups in total. The topological polar surface area (TPSA) is 72.6 Å². The average Bonchev–Trinajstić information content (AvgIpc) is 2.32. The minimum Gasteiger partial charge on any atom is -0.462 e. The minimum absolute atomic E-state index is 0.210. The molecule has 18 heavy (non-hydrogen) atoms. The summed E-state index contributed by atoms with van der Waals surface area (Å²) in [7, 11) is 0. The summed E-state index contributed by atoms with van der Waals surface area (Å²) in [6, 6.07) is 4.65. The van der Waals surface area contributed by atoms with Gasteiger partial charge in [0.05, 0.1) is 12.2 Å². The maximum Gasteiger partial charge on any atom is 0.338 e. The van der Waals surface area contributed by atoms with Crippen LogP contribution in [0, 0.1) is 0 Å². The SMILES string of the molecule is Nc1cc(Cl)cc(C(=O)OCCCCCCO)c1. The van der Waals surface area contributed by atoms with Gasteiger partial charge < -0.3 is 15.6 Å². The molecular formula is C13H18ClNO3. The monoisotopic (exact) mass is 271 g/mol. The first-order valence-electron chi connectivity index (χ1n) is 5.97. The van der Waals surface area contributed by atoms with Crippen molar-refractivity contribution in [1.82, 2.24) is 0 Å². The molecule has 0 saturated carbocycles. The van der Waals surface area contributed by atoms with Crippen molar-refractivity contribution in [3.63, 3.8) is 0 Å². The number of ether oxygens (including phenoxy) is 1. The Morgan fingerprint density at radius 3 is 2.61 bits per heavy atom. The number of aliphatic hydroxyl groups excluding tert-OH is 1. The molecule has 0 aromatic heterocycles. The minimum atomic E-state index is -0.411. The van der Waals surface area contributed by atoms with Crippen molar-refractivity contribution in [1.29, 1.82) is 0 Å². The number of benzene rings is 1. The van der Waals surface area contributed by atoms with E-state index in [-0.39, 0.29) is 6.61 Å². The Bertz CT molecular complexity index is 376. The van der Waals surface area contributed by atoms with Gasteiger partial charge in [0, 0.05) is 17.3 Å². The number of nitrogen functional groups attached to an aromatic ring is 1. The largest absolute Gasteiger partial charge is 0.462 e. The maximum atomic E-state index is 11.7. The van der Waals surface area contributed by atoms with Gasteiger partial charge in [-0.3, -0.25) is 0 Å². The van der Waals surface area contributed by atoms with E-state index in [1.54, 1.807) is 12.1 Å². The highest BCUT2D eigenvalue weighted by Gasteiger charge is 2.08. The first kappa shape index (κ1) is 14.8. The van der Waals surface area contributed by atoms with E-state index in [1.807, 2.05) is 0 Å². The Labute approximate surface area is 112 Å². The van der Waals surface area contributed by atoms with E-state index < -0.39 is 5.97 Å². The normalized spacial score (nSPS) is 10.3. The van der Waals surface area contributed by atoms with Crippen molar-refractivity contribution in [3.05, 3.63) is 28.8 Å². The number of aliphatic hydroxyl groups is 1. The van der Waals surface area contributed by atoms with E-state index in [0.717, 1.165) is 25.7 Å². The highest BCUT2D eigenvalue weighted by molar-refractivity contribution is 6.31. The molecule has 0 bridgehead atoms. The third kappa shape index (κ3) is 5.38. The molecule has 0 spiro atoms. The third-order valence-corrected chi connectivity index (χ3v) is 2.66. The predicted octanol–water partition coefficient (Wildman–Crippen LogP) is 2.63. The molecule has 1 aromatic carbocycles. The van der Waals surface area contributed by atoms with Gasteiger partial charge in [-0.25, -0.2) is 4.79 Å². The molecule has 1 aromatic rings. The van der Waals surface area contributed by atoms with Crippen LogP contribution in [0.3, 0.4) is 0 Å². The van der Waals surface area contributed by atoms with Gasteiger partial charge in [0.2, 0.25) is 0 Å². The predicted molar refractivity (Wildman–Crippen MR) is 71.7 cm³/mol. The molecular weight excluding hydrogens is 254 g/mol. The lowest BCUT2D eigenvalue weighted by atomic mass is 10.2. The Balaban J connectivity index is 2.32. The van der Waals surface area contributed by atoms with E-state index >= 15 is 0 Å². The molecule has 4 nitrogen and oxygen atoms in total. The average molecular weight is 272 g/mol. The lowest BCUT2D eigenvalue weighted by Crippen LogP contribution is -2.07. The second-order valence-corrected chi connectivity index (χ2v) is 4.48. The van der Waals surface area contributed by atoms with E-state index in [4.69, 9.17) is 27.2 Å². The summed E-state index contributed by atoms with van der Waals surface area (Å²) < 4.78 is 5.10. The summed E-state index contributed by atoms with van der Waals surface area (Å²) in [5.74, 6) is -0.411. The number of carbonyl (C=O) groups is 1. The van der Waals surface area contributed by atoms with E-state index in [2.05, 4.69) is 0 Å². The summed E-state index contributed by atoms with van der Waals surface area (Å²) in [5.41, 5.74) is 6.40. The molecule has 0 heterocycles. The fraction of sp³-hybridized carbons (Fsp3) is 0.462. The molecule has 0 unspecified atom stereocenters. The highest BCUT2D eigenvalue weighted by Crippen LogP contribution is 2.17. The molecule has 0 aliphatic heterocycles. The van der Waals surface area contributed by atoms with E-state index in [9.17, 15) is 4.79 Å². The lowest BCUT2D eigenvalue weighted by molar-refractivity contribution is 0.0497. The van der Waals surface area contributed by atoms with Crippen molar-refractivity contribution < 1.29 is 14.6 Å². The zero-order valence-corrected chi connectivity index (χ0v) is 10.9. The number of carbonyl (C=O) groups excluding carboxylic acids is 1. The first-order valence-corrected chi connectivity index (χ1v) is 6.35. The van der Waals surface area contributed by atoms with Gasteiger partial charge in [0.25, 0.3) is 0 Å². The Hall–Kier alpha value is -1.26. The van der Waals surface area contributed by atoms with Crippen molar-refractivity contribution in [2.45, 2.75) is 25.7 Å². The van der Waals surface area contributed by atoms with Crippen LogP contribution in [0.1, 0.15) is 36.0 Å². The summed E-state index contributed by atoms with van der Waals surface area (Å²) in [6.07, 6.45) is 3.46. The van der Waals surface area contributed by atoms with Gasteiger partial charge in [-0.15, -0.1) is 0 Å². The summed E-state index contributed by atoms with van der Waals surface area (Å²) >= 11 is 5.80. The van der Waals surface area contributed by atoms with Crippen molar-refractivity contribution in [2.75, 3.05) is 18.9 Å². The Kier molecular flexibility index (Phi) is 6.54. The van der Waals surface area contributed by atoms with Crippen molar-refractivity contribution in [2.24, 2.45) is 0 Å². The number of halogens is 1. The second kappa shape index (κ2) is 7.95. The molecule has 1 rings (SSSR count). The van der Waals surface area contributed by atoms with Gasteiger partial charge in [-0.1, -0.05) is 18.0 Å². The van der Waals surface area contributed by atoms with Crippen LogP contribution < -0.4 is 5.73 Å². The zero-order valence-electron chi connectivity index (χ0n) is 10.2. The number of hydrogen-bond donors (Lipinski definition) is 2. The maximum absolute atomic E-state index is 11.7. The first-order chi connectivity index (χ1) is 8.63. The molecule has 0 saturated heterocycles. The second-order valence-electron chi connectivity index (χ2n) is 4.05. The Morgan fingerprint density at radius 1 is 1.22 bits per heavy atom. The number of rotatable bonds is 7. The third-order valence-electron chi connectivity index (χ3n) is 2.44. The molecule has 0 radical (unpaired) electrons. The van der Waals surface area contributed by atoms with Crippen molar-refractivity contribution >= 4 is 23.3 Å². The zero-order chi connectivity index (χ0) is 13.4. The number of unbranched alkanes of at least 4 members (excludes halogenated alkanes) is 3. The van der Waals surface area contributed by atoms with Crippen LogP contribution in [0.5, 0.6) is 0 Å². The molecule has 0 fully saturated rings. The summed E-state index contributed by atoms with van der Waals surface area (Å²) in [4.78, 5) is 11.7. The van der Waals surface area contributed by atoms with Crippen LogP contribution in [0.25, 0.3) is 0 Å². The van der Waals surface area contributed by atoms with Gasteiger partial charge in [-0.2, -0.15) is 0 Å². The molecule has 100 valence electrons. The fourth-order valence-corrected chi connectivity index (χ4v) is 1.79. The van der Waals surface area contributed by atoms with Gasteiger partial charge >= 0.3 is 5.97 Å². The van der Waals surface area contributed by atoms with Crippen LogP contribution in [-0.4, -0.2) is 24.3 Å². The fourth-order valence-electron chi connectivity index (χ4n) is 1.55. The highest BCUT2D eigenvalue weighted by atomic mass is 35.5. The summed E-state index contributed by atoms with van der Waals surface area (Å²) in [6.45, 7) is 0.582. The van der Waals surface area contributed by atoms with E-state index in [0.29, 0.717) is 22.9 Å². The van der Waals surface area contributed by atoms with Crippen LogP contribution >= 0.6 is 11.6 Å². The molecule has 0 aliphatic rings.